The Balaban J connectivity index is 2.22. The third-order valence-corrected chi connectivity index (χ3v) is 9.06. The SMILES string of the molecule is CCOCCOCCOc1ccc(CCC[C@H](C(=O)O)N2CCN([C@@H](CO)C(=O)O)CCN([C@@H](CO)C(=O)O)CCN([C@@H](CO)C(=O)O)CC2)cc1. The molecule has 2 rings (SSSR count). The molecule has 1 saturated heterocycles. The van der Waals surface area contributed by atoms with Gasteiger partial charge < -0.3 is 50.0 Å². The predicted molar refractivity (Wildman–Crippen MR) is 185 cm³/mol. The second-order valence-corrected chi connectivity index (χ2v) is 12.3. The lowest BCUT2D eigenvalue weighted by Crippen LogP contribution is -2.57. The average Bonchev–Trinajstić information content (AvgIpc) is 3.10. The zero-order valence-corrected chi connectivity index (χ0v) is 29.8. The molecule has 1 fully saturated rings. The van der Waals surface area contributed by atoms with E-state index in [1.165, 1.54) is 14.7 Å². The van der Waals surface area contributed by atoms with Crippen molar-refractivity contribution in [2.24, 2.45) is 0 Å². The van der Waals surface area contributed by atoms with Gasteiger partial charge >= 0.3 is 23.9 Å². The third-order valence-electron chi connectivity index (χ3n) is 9.06. The number of carboxylic acid groups (broad SMARTS) is 4. The summed E-state index contributed by atoms with van der Waals surface area (Å²) in [5.41, 5.74) is 0.960. The van der Waals surface area contributed by atoms with Crippen molar-refractivity contribution in [2.45, 2.75) is 50.4 Å². The number of aliphatic carboxylic acids is 4. The van der Waals surface area contributed by atoms with Crippen molar-refractivity contribution in [1.29, 1.82) is 0 Å². The topological polar surface area (TPSA) is 251 Å². The fourth-order valence-corrected chi connectivity index (χ4v) is 6.07. The number of rotatable bonds is 23. The monoisotopic (exact) mass is 744 g/mol. The summed E-state index contributed by atoms with van der Waals surface area (Å²) in [5.74, 6) is -4.43. The zero-order valence-electron chi connectivity index (χ0n) is 29.8. The molecule has 1 aromatic rings. The van der Waals surface area contributed by atoms with Crippen LogP contribution in [0.3, 0.4) is 0 Å². The standard InChI is InChI=1S/C34H56N4O14/c1-2-50-18-19-51-20-21-52-26-8-6-25(7-9-26)4-3-5-27(31(42)43)35-10-12-36(28(22-39)32(44)45)14-16-38(30(24-41)34(48)49)17-15-37(13-11-35)29(23-40)33(46)47/h6-9,27-30,39-41H,2-5,10-24H2,1H3,(H,42,43)(H,44,45)(H,46,47)(H,48,49)/t27-,28+,29+,30+/m1/s1. The van der Waals surface area contributed by atoms with Gasteiger partial charge in [-0.2, -0.15) is 0 Å². The minimum absolute atomic E-state index is 0.0204. The zero-order chi connectivity index (χ0) is 38.5. The van der Waals surface area contributed by atoms with Crippen LogP contribution in [0.4, 0.5) is 0 Å². The number of ether oxygens (including phenoxy) is 3. The molecule has 7 N–H and O–H groups in total. The van der Waals surface area contributed by atoms with Gasteiger partial charge in [0.1, 0.15) is 36.5 Å². The minimum Gasteiger partial charge on any atom is -0.491 e. The van der Waals surface area contributed by atoms with Crippen molar-refractivity contribution < 1.29 is 69.1 Å². The number of hydrogen-bond donors (Lipinski definition) is 7. The Kier molecular flexibility index (Phi) is 21.2. The summed E-state index contributed by atoms with van der Waals surface area (Å²) in [6.45, 7) is 1.81. The first-order valence-corrected chi connectivity index (χ1v) is 17.5. The Bertz CT molecular complexity index is 1170. The van der Waals surface area contributed by atoms with E-state index >= 15 is 0 Å². The van der Waals surface area contributed by atoms with E-state index in [0.717, 1.165) is 5.56 Å². The molecule has 18 heteroatoms. The van der Waals surface area contributed by atoms with E-state index in [1.807, 2.05) is 31.2 Å². The van der Waals surface area contributed by atoms with Gasteiger partial charge in [0.15, 0.2) is 0 Å². The van der Waals surface area contributed by atoms with Gasteiger partial charge in [-0.05, 0) is 43.9 Å². The van der Waals surface area contributed by atoms with Crippen molar-refractivity contribution in [2.75, 3.05) is 105 Å². The van der Waals surface area contributed by atoms with Gasteiger partial charge in [-0.25, -0.2) is 0 Å². The highest BCUT2D eigenvalue weighted by Crippen LogP contribution is 2.17. The molecule has 1 aliphatic heterocycles. The Morgan fingerprint density at radius 3 is 1.31 bits per heavy atom. The molecule has 0 amide bonds. The van der Waals surface area contributed by atoms with Crippen molar-refractivity contribution in [3.63, 3.8) is 0 Å². The number of carboxylic acids is 4. The molecule has 4 atom stereocenters. The van der Waals surface area contributed by atoms with Crippen molar-refractivity contribution in [1.82, 2.24) is 19.6 Å². The third kappa shape index (κ3) is 15.3. The summed E-state index contributed by atoms with van der Waals surface area (Å²) >= 11 is 0. The molecule has 0 saturated carbocycles. The van der Waals surface area contributed by atoms with Crippen LogP contribution in [0.2, 0.25) is 0 Å². The number of aliphatic hydroxyl groups is 3. The second-order valence-electron chi connectivity index (χ2n) is 12.3. The molecule has 18 nitrogen and oxygen atoms in total. The lowest BCUT2D eigenvalue weighted by molar-refractivity contribution is -0.149. The molecule has 52 heavy (non-hydrogen) atoms. The largest absolute Gasteiger partial charge is 0.491 e. The quantitative estimate of drug-likeness (QED) is 0.0627. The summed E-state index contributed by atoms with van der Waals surface area (Å²) in [4.78, 5) is 54.6. The van der Waals surface area contributed by atoms with Gasteiger partial charge in [0, 0.05) is 59.0 Å². The van der Waals surface area contributed by atoms with Crippen LogP contribution in [0.1, 0.15) is 25.3 Å². The van der Waals surface area contributed by atoms with Gasteiger partial charge in [0.2, 0.25) is 0 Å². The van der Waals surface area contributed by atoms with Crippen LogP contribution in [0.5, 0.6) is 5.75 Å². The molecule has 1 heterocycles. The van der Waals surface area contributed by atoms with Gasteiger partial charge in [-0.1, -0.05) is 12.1 Å². The van der Waals surface area contributed by atoms with E-state index in [2.05, 4.69) is 0 Å². The summed E-state index contributed by atoms with van der Waals surface area (Å²) < 4.78 is 16.4. The fraction of sp³-hybridized carbons (Fsp3) is 0.706. The van der Waals surface area contributed by atoms with Gasteiger partial charge in [-0.15, -0.1) is 0 Å². The van der Waals surface area contributed by atoms with E-state index in [4.69, 9.17) is 14.2 Å². The fourth-order valence-electron chi connectivity index (χ4n) is 6.07. The van der Waals surface area contributed by atoms with Crippen molar-refractivity contribution >= 4 is 23.9 Å². The minimum atomic E-state index is -1.38. The molecule has 0 aromatic heterocycles. The molecular weight excluding hydrogens is 688 g/mol. The number of hydrogen-bond acceptors (Lipinski definition) is 14. The maximum absolute atomic E-state index is 12.7. The van der Waals surface area contributed by atoms with E-state index in [1.54, 1.807) is 4.90 Å². The lowest BCUT2D eigenvalue weighted by atomic mass is 10.0. The smallest absolute Gasteiger partial charge is 0.323 e. The molecule has 296 valence electrons. The van der Waals surface area contributed by atoms with Crippen molar-refractivity contribution in [3.8, 4) is 5.75 Å². The maximum Gasteiger partial charge on any atom is 0.323 e. The molecular formula is C34H56N4O14. The van der Waals surface area contributed by atoms with Crippen LogP contribution in [0.25, 0.3) is 0 Å². The molecule has 0 radical (unpaired) electrons. The molecule has 0 aliphatic carbocycles. The Morgan fingerprint density at radius 2 is 0.942 bits per heavy atom. The highest BCUT2D eigenvalue weighted by Gasteiger charge is 2.34. The van der Waals surface area contributed by atoms with Crippen molar-refractivity contribution in [3.05, 3.63) is 29.8 Å². The molecule has 1 aliphatic rings. The van der Waals surface area contributed by atoms with Gasteiger partial charge in [0.25, 0.3) is 0 Å². The Hall–Kier alpha value is -3.46. The van der Waals surface area contributed by atoms with Crippen LogP contribution in [0.15, 0.2) is 24.3 Å². The molecule has 1 aromatic carbocycles. The van der Waals surface area contributed by atoms with Crippen LogP contribution >= 0.6 is 0 Å². The van der Waals surface area contributed by atoms with Crippen LogP contribution in [-0.2, 0) is 35.1 Å². The van der Waals surface area contributed by atoms with Gasteiger partial charge in [-0.3, -0.25) is 38.8 Å². The molecule has 0 spiro atoms. The van der Waals surface area contributed by atoms with E-state index in [0.29, 0.717) is 51.6 Å². The number of nitrogens with zero attached hydrogens (tertiary/aromatic N) is 4. The summed E-state index contributed by atoms with van der Waals surface area (Å²) in [7, 11) is 0. The predicted octanol–water partition coefficient (Wildman–Crippen LogP) is -1.55. The summed E-state index contributed by atoms with van der Waals surface area (Å²) in [6.07, 6.45) is 1.24. The first kappa shape index (κ1) is 44.7. The lowest BCUT2D eigenvalue weighted by Gasteiger charge is -2.39. The maximum atomic E-state index is 12.7. The Morgan fingerprint density at radius 1 is 0.577 bits per heavy atom. The average molecular weight is 745 g/mol. The molecule has 0 bridgehead atoms. The first-order chi connectivity index (χ1) is 25.0. The number of benzene rings is 1. The highest BCUT2D eigenvalue weighted by molar-refractivity contribution is 5.75. The number of carbonyl (C=O) groups is 4. The van der Waals surface area contributed by atoms with Gasteiger partial charge in [0.05, 0.1) is 39.6 Å². The van der Waals surface area contributed by atoms with E-state index in [9.17, 15) is 54.9 Å². The second kappa shape index (κ2) is 24.7. The van der Waals surface area contributed by atoms with E-state index in [-0.39, 0.29) is 58.8 Å². The van der Waals surface area contributed by atoms with Crippen LogP contribution in [0, 0.1) is 0 Å². The first-order valence-electron chi connectivity index (χ1n) is 17.5. The normalized spacial score (nSPS) is 18.4. The highest BCUT2D eigenvalue weighted by atomic mass is 16.5. The summed E-state index contributed by atoms with van der Waals surface area (Å²) in [5, 5.41) is 69.5. The number of aliphatic hydroxyl groups excluding tert-OH is 3. The molecule has 0 unspecified atom stereocenters. The van der Waals surface area contributed by atoms with Crippen LogP contribution < -0.4 is 4.74 Å². The van der Waals surface area contributed by atoms with Crippen LogP contribution in [-0.4, -0.2) is 209 Å². The number of aryl methyl sites for hydroxylation is 1. The van der Waals surface area contributed by atoms with E-state index < -0.39 is 67.9 Å². The Labute approximate surface area is 303 Å². The summed E-state index contributed by atoms with van der Waals surface area (Å²) in [6, 6.07) is 2.29.